The summed E-state index contributed by atoms with van der Waals surface area (Å²) in [5.41, 5.74) is -3.16. The van der Waals surface area contributed by atoms with Gasteiger partial charge in [0.1, 0.15) is 0 Å². The zero-order chi connectivity index (χ0) is 14.3. The van der Waals surface area contributed by atoms with Crippen molar-refractivity contribution in [3.05, 3.63) is 34.4 Å². The van der Waals surface area contributed by atoms with Gasteiger partial charge in [0, 0.05) is 0 Å². The zero-order valence-electron chi connectivity index (χ0n) is 10.00. The first kappa shape index (κ1) is 14.9. The summed E-state index contributed by atoms with van der Waals surface area (Å²) in [5.74, 6) is -0.862. The Hall–Kier alpha value is -1.20. The molecule has 0 aliphatic heterocycles. The first-order valence-corrected chi connectivity index (χ1v) is 5.23. The molecule has 0 N–H and O–H groups in total. The lowest BCUT2D eigenvalue weighted by atomic mass is 9.89. The Morgan fingerprint density at radius 2 is 1.17 bits per heavy atom. The van der Waals surface area contributed by atoms with Crippen LogP contribution in [0.5, 0.6) is 0 Å². The van der Waals surface area contributed by atoms with E-state index < -0.39 is 35.0 Å². The molecule has 0 aromatic heterocycles. The number of halogens is 6. The van der Waals surface area contributed by atoms with Gasteiger partial charge in [0.25, 0.3) is 0 Å². The number of hydrogen-bond donors (Lipinski definition) is 0. The van der Waals surface area contributed by atoms with Crippen LogP contribution >= 0.6 is 0 Å². The van der Waals surface area contributed by atoms with Gasteiger partial charge in [0.15, 0.2) is 0 Å². The van der Waals surface area contributed by atoms with Gasteiger partial charge in [-0.3, -0.25) is 0 Å². The Bertz CT molecular complexity index is 404. The zero-order valence-corrected chi connectivity index (χ0v) is 10.00. The van der Waals surface area contributed by atoms with Gasteiger partial charge < -0.3 is 0 Å². The third-order valence-corrected chi connectivity index (χ3v) is 2.51. The van der Waals surface area contributed by atoms with E-state index in [1.54, 1.807) is 0 Å². The molecule has 102 valence electrons. The minimum Gasteiger partial charge on any atom is -0.166 e. The van der Waals surface area contributed by atoms with Crippen molar-refractivity contribution in [3.8, 4) is 0 Å². The fourth-order valence-electron chi connectivity index (χ4n) is 1.89. The molecular formula is C12H12F6. The number of rotatable bonds is 1. The molecule has 0 atom stereocenters. The van der Waals surface area contributed by atoms with Crippen LogP contribution in [0.25, 0.3) is 0 Å². The first-order valence-electron chi connectivity index (χ1n) is 5.23. The molecular weight excluding hydrogens is 258 g/mol. The topological polar surface area (TPSA) is 0 Å². The van der Waals surface area contributed by atoms with Crippen molar-refractivity contribution in [2.24, 2.45) is 0 Å². The van der Waals surface area contributed by atoms with Crippen molar-refractivity contribution >= 4 is 0 Å². The molecule has 0 fully saturated rings. The van der Waals surface area contributed by atoms with E-state index in [1.165, 1.54) is 20.8 Å². The Morgan fingerprint density at radius 1 is 0.833 bits per heavy atom. The van der Waals surface area contributed by atoms with Crippen molar-refractivity contribution < 1.29 is 26.3 Å². The third-order valence-electron chi connectivity index (χ3n) is 2.51. The summed E-state index contributed by atoms with van der Waals surface area (Å²) in [5, 5.41) is 0. The highest BCUT2D eigenvalue weighted by Gasteiger charge is 2.41. The maximum atomic E-state index is 12.8. The Morgan fingerprint density at radius 3 is 1.39 bits per heavy atom. The van der Waals surface area contributed by atoms with E-state index in [2.05, 4.69) is 0 Å². The number of aryl methyl sites for hydroxylation is 1. The van der Waals surface area contributed by atoms with Crippen LogP contribution in [0, 0.1) is 6.92 Å². The van der Waals surface area contributed by atoms with Gasteiger partial charge in [0.2, 0.25) is 0 Å². The van der Waals surface area contributed by atoms with Gasteiger partial charge in [-0.2, -0.15) is 26.3 Å². The molecule has 0 aliphatic rings. The van der Waals surface area contributed by atoms with Crippen LogP contribution in [-0.4, -0.2) is 0 Å². The molecule has 0 radical (unpaired) electrons. The molecule has 1 aromatic rings. The molecule has 6 heteroatoms. The second-order valence-corrected chi connectivity index (χ2v) is 4.42. The quantitative estimate of drug-likeness (QED) is 0.618. The van der Waals surface area contributed by atoms with E-state index in [0.29, 0.717) is 0 Å². The first-order chi connectivity index (χ1) is 7.94. The monoisotopic (exact) mass is 270 g/mol. The van der Waals surface area contributed by atoms with Gasteiger partial charge in [-0.05, 0) is 36.1 Å². The van der Waals surface area contributed by atoms with Crippen LogP contribution in [0.1, 0.15) is 42.0 Å². The van der Waals surface area contributed by atoms with Crippen molar-refractivity contribution in [2.45, 2.75) is 39.0 Å². The van der Waals surface area contributed by atoms with Gasteiger partial charge in [-0.25, -0.2) is 0 Å². The van der Waals surface area contributed by atoms with Crippen molar-refractivity contribution in [3.63, 3.8) is 0 Å². The van der Waals surface area contributed by atoms with Crippen LogP contribution in [0.15, 0.2) is 12.1 Å². The summed E-state index contributed by atoms with van der Waals surface area (Å²) in [7, 11) is 0. The molecule has 0 nitrogen and oxygen atoms in total. The summed E-state index contributed by atoms with van der Waals surface area (Å²) in [6, 6.07) is 1.51. The smallest absolute Gasteiger partial charge is 0.166 e. The maximum absolute atomic E-state index is 12.8. The van der Waals surface area contributed by atoms with Crippen LogP contribution in [-0.2, 0) is 12.4 Å². The van der Waals surface area contributed by atoms with Gasteiger partial charge in [0.05, 0.1) is 11.1 Å². The minimum absolute atomic E-state index is 0.0564. The van der Waals surface area contributed by atoms with E-state index in [4.69, 9.17) is 0 Å². The van der Waals surface area contributed by atoms with Crippen LogP contribution in [0.3, 0.4) is 0 Å². The van der Waals surface area contributed by atoms with Gasteiger partial charge in [-0.1, -0.05) is 13.8 Å². The van der Waals surface area contributed by atoms with Crippen molar-refractivity contribution in [2.75, 3.05) is 0 Å². The lowest BCUT2D eigenvalue weighted by molar-refractivity contribution is -0.144. The van der Waals surface area contributed by atoms with Gasteiger partial charge in [-0.15, -0.1) is 0 Å². The largest absolute Gasteiger partial charge is 0.416 e. The maximum Gasteiger partial charge on any atom is 0.416 e. The summed E-state index contributed by atoms with van der Waals surface area (Å²) in [6.45, 7) is 3.85. The Balaban J connectivity index is 3.68. The lowest BCUT2D eigenvalue weighted by Crippen LogP contribution is -2.18. The predicted octanol–water partition coefficient (Wildman–Crippen LogP) is 5.16. The van der Waals surface area contributed by atoms with E-state index in [0.717, 1.165) is 12.1 Å². The number of hydrogen-bond acceptors (Lipinski definition) is 0. The lowest BCUT2D eigenvalue weighted by Gasteiger charge is -2.22. The number of alkyl halides is 6. The molecule has 0 saturated heterocycles. The number of benzene rings is 1. The molecule has 0 spiro atoms. The van der Waals surface area contributed by atoms with Crippen LogP contribution < -0.4 is 0 Å². The molecule has 0 heterocycles. The van der Waals surface area contributed by atoms with Crippen LogP contribution in [0.4, 0.5) is 26.3 Å². The van der Waals surface area contributed by atoms with Crippen LogP contribution in [0.2, 0.25) is 0 Å². The molecule has 0 bridgehead atoms. The molecule has 1 rings (SSSR count). The molecule has 0 saturated carbocycles. The fraction of sp³-hybridized carbons (Fsp3) is 0.500. The summed E-state index contributed by atoms with van der Waals surface area (Å²) < 4.78 is 76.7. The van der Waals surface area contributed by atoms with Crippen molar-refractivity contribution in [1.82, 2.24) is 0 Å². The average Bonchev–Trinajstić information content (AvgIpc) is 2.12. The average molecular weight is 270 g/mol. The Labute approximate surface area is 101 Å². The molecule has 0 aliphatic carbocycles. The predicted molar refractivity (Wildman–Crippen MR) is 55.3 cm³/mol. The third kappa shape index (κ3) is 2.97. The second kappa shape index (κ2) is 4.48. The normalized spacial score (nSPS) is 13.2. The van der Waals surface area contributed by atoms with E-state index in [9.17, 15) is 26.3 Å². The van der Waals surface area contributed by atoms with Gasteiger partial charge >= 0.3 is 12.4 Å². The Kier molecular flexibility index (Phi) is 3.70. The molecule has 0 unspecified atom stereocenters. The summed E-state index contributed by atoms with van der Waals surface area (Å²) >= 11 is 0. The summed E-state index contributed by atoms with van der Waals surface area (Å²) in [4.78, 5) is 0. The fourth-order valence-corrected chi connectivity index (χ4v) is 1.89. The second-order valence-electron chi connectivity index (χ2n) is 4.42. The molecule has 0 amide bonds. The molecule has 18 heavy (non-hydrogen) atoms. The van der Waals surface area contributed by atoms with E-state index in [1.807, 2.05) is 0 Å². The minimum atomic E-state index is -4.79. The SMILES string of the molecule is Cc1cc(C(F)(F)F)c(C(C)C)c(C(F)(F)F)c1. The van der Waals surface area contributed by atoms with E-state index >= 15 is 0 Å². The highest BCUT2D eigenvalue weighted by atomic mass is 19.4. The van der Waals surface area contributed by atoms with E-state index in [-0.39, 0.29) is 5.56 Å². The molecule has 1 aromatic carbocycles. The van der Waals surface area contributed by atoms with Crippen molar-refractivity contribution in [1.29, 1.82) is 0 Å². The highest BCUT2D eigenvalue weighted by Crippen LogP contribution is 2.43. The summed E-state index contributed by atoms with van der Waals surface area (Å²) in [6.07, 6.45) is -9.57. The highest BCUT2D eigenvalue weighted by molar-refractivity contribution is 5.44. The standard InChI is InChI=1S/C12H12F6/c1-6(2)10-8(11(13,14)15)4-7(3)5-9(10)12(16,17)18/h4-6H,1-3H3.